The van der Waals surface area contributed by atoms with Gasteiger partial charge in [-0.05, 0) is 31.0 Å². The van der Waals surface area contributed by atoms with E-state index in [1.807, 2.05) is 0 Å². The van der Waals surface area contributed by atoms with Gasteiger partial charge in [-0.25, -0.2) is 0 Å². The number of hydrogen-bond acceptors (Lipinski definition) is 3. The minimum atomic E-state index is -4.45. The van der Waals surface area contributed by atoms with E-state index in [0.29, 0.717) is 5.56 Å². The maximum absolute atomic E-state index is 12.6. The van der Waals surface area contributed by atoms with Gasteiger partial charge in [0.05, 0.1) is 12.2 Å². The van der Waals surface area contributed by atoms with Gasteiger partial charge in [0.25, 0.3) is 0 Å². The fourth-order valence-electron chi connectivity index (χ4n) is 1.94. The van der Waals surface area contributed by atoms with E-state index in [0.717, 1.165) is 12.1 Å². The van der Waals surface area contributed by atoms with Crippen LogP contribution < -0.4 is 5.32 Å². The van der Waals surface area contributed by atoms with Crippen LogP contribution in [0.1, 0.15) is 31.4 Å². The van der Waals surface area contributed by atoms with Crippen molar-refractivity contribution in [2.24, 2.45) is 0 Å². The summed E-state index contributed by atoms with van der Waals surface area (Å²) < 4.78 is 41.6. The molecule has 1 N–H and O–H groups in total. The first-order valence-electron chi connectivity index (χ1n) is 6.89. The number of carbonyl (C=O) groups excluding carboxylic acids is 2. The molecular weight excluding hydrogens is 379 g/mol. The van der Waals surface area contributed by atoms with Gasteiger partial charge in [-0.15, -0.1) is 0 Å². The zero-order valence-electron chi connectivity index (χ0n) is 12.7. The van der Waals surface area contributed by atoms with Gasteiger partial charge in [0.15, 0.2) is 0 Å². The van der Waals surface area contributed by atoms with Crippen molar-refractivity contribution < 1.29 is 27.5 Å². The molecule has 128 valence electrons. The third-order valence-electron chi connectivity index (χ3n) is 3.11. The lowest BCUT2D eigenvalue weighted by molar-refractivity contribution is -0.146. The van der Waals surface area contributed by atoms with Crippen molar-refractivity contribution in [3.05, 3.63) is 35.4 Å². The molecule has 23 heavy (non-hydrogen) atoms. The number of carbonyl (C=O) groups is 2. The summed E-state index contributed by atoms with van der Waals surface area (Å²) in [6, 6.07) is 4.26. The SMILES string of the molecule is CCOC(=O)C(Br)(CCNC(C)=O)c1ccc(C(F)(F)F)cc1. The van der Waals surface area contributed by atoms with Crippen molar-refractivity contribution in [1.82, 2.24) is 5.32 Å². The van der Waals surface area contributed by atoms with Crippen LogP contribution in [0.2, 0.25) is 0 Å². The van der Waals surface area contributed by atoms with Crippen molar-refractivity contribution in [2.75, 3.05) is 13.2 Å². The van der Waals surface area contributed by atoms with E-state index in [-0.39, 0.29) is 25.5 Å². The van der Waals surface area contributed by atoms with Gasteiger partial charge < -0.3 is 10.1 Å². The molecule has 0 spiro atoms. The number of halogens is 4. The Hall–Kier alpha value is -1.57. The number of amides is 1. The Kier molecular flexibility index (Phi) is 6.61. The molecule has 1 aromatic rings. The maximum atomic E-state index is 12.6. The quantitative estimate of drug-likeness (QED) is 0.593. The van der Waals surface area contributed by atoms with Gasteiger partial charge in [0, 0.05) is 13.5 Å². The van der Waals surface area contributed by atoms with Gasteiger partial charge >= 0.3 is 12.1 Å². The molecule has 0 aliphatic carbocycles. The fourth-order valence-corrected chi connectivity index (χ4v) is 2.52. The molecule has 0 heterocycles. The van der Waals surface area contributed by atoms with Crippen LogP contribution in [0, 0.1) is 0 Å². The Morgan fingerprint density at radius 3 is 2.13 bits per heavy atom. The van der Waals surface area contributed by atoms with Crippen LogP contribution in [-0.2, 0) is 24.8 Å². The Morgan fingerprint density at radius 1 is 1.17 bits per heavy atom. The standard InChI is InChI=1S/C15H17BrF3NO3/c1-3-23-13(22)14(16,8-9-20-10(2)21)11-4-6-12(7-5-11)15(17,18)19/h4-7H,3,8-9H2,1-2H3,(H,20,21). The first-order chi connectivity index (χ1) is 10.6. The molecule has 1 rings (SSSR count). The second-order valence-corrected chi connectivity index (χ2v) is 6.18. The lowest BCUT2D eigenvalue weighted by Crippen LogP contribution is -2.36. The molecule has 4 nitrogen and oxygen atoms in total. The number of benzene rings is 1. The monoisotopic (exact) mass is 395 g/mol. The number of rotatable bonds is 6. The lowest BCUT2D eigenvalue weighted by atomic mass is 9.94. The number of esters is 1. The van der Waals surface area contributed by atoms with Gasteiger partial charge in [0.1, 0.15) is 4.32 Å². The van der Waals surface area contributed by atoms with Gasteiger partial charge in [-0.1, -0.05) is 28.1 Å². The predicted octanol–water partition coefficient (Wildman–Crippen LogP) is 3.38. The van der Waals surface area contributed by atoms with Crippen LogP contribution in [0.5, 0.6) is 0 Å². The van der Waals surface area contributed by atoms with Crippen molar-refractivity contribution >= 4 is 27.8 Å². The molecule has 1 aromatic carbocycles. The summed E-state index contributed by atoms with van der Waals surface area (Å²) in [4.78, 5) is 23.2. The zero-order chi connectivity index (χ0) is 17.7. The van der Waals surface area contributed by atoms with Crippen LogP contribution in [0.15, 0.2) is 24.3 Å². The van der Waals surface area contributed by atoms with Crippen LogP contribution in [0.25, 0.3) is 0 Å². The summed E-state index contributed by atoms with van der Waals surface area (Å²) in [5, 5.41) is 2.55. The molecular formula is C15H17BrF3NO3. The molecule has 0 aromatic heterocycles. The maximum Gasteiger partial charge on any atom is 0.416 e. The zero-order valence-corrected chi connectivity index (χ0v) is 14.3. The van der Waals surface area contributed by atoms with Crippen molar-refractivity contribution in [2.45, 2.75) is 30.8 Å². The van der Waals surface area contributed by atoms with Crippen LogP contribution in [-0.4, -0.2) is 25.0 Å². The summed E-state index contributed by atoms with van der Waals surface area (Å²) in [6.45, 7) is 3.26. The van der Waals surface area contributed by atoms with Gasteiger partial charge in [-0.2, -0.15) is 13.2 Å². The summed E-state index contributed by atoms with van der Waals surface area (Å²) in [5.41, 5.74) is -0.476. The topological polar surface area (TPSA) is 55.4 Å². The summed E-state index contributed by atoms with van der Waals surface area (Å²) >= 11 is 3.28. The Bertz CT molecular complexity index is 560. The van der Waals surface area contributed by atoms with E-state index in [9.17, 15) is 22.8 Å². The third-order valence-corrected chi connectivity index (χ3v) is 4.29. The normalized spacial score (nSPS) is 14.0. The van der Waals surface area contributed by atoms with E-state index in [4.69, 9.17) is 4.74 Å². The summed E-state index contributed by atoms with van der Waals surface area (Å²) in [5.74, 6) is -0.888. The molecule has 0 bridgehead atoms. The van der Waals surface area contributed by atoms with Crippen molar-refractivity contribution in [3.63, 3.8) is 0 Å². The molecule has 1 unspecified atom stereocenters. The molecule has 0 saturated heterocycles. The first-order valence-corrected chi connectivity index (χ1v) is 7.69. The van der Waals surface area contributed by atoms with E-state index < -0.39 is 22.0 Å². The molecule has 0 saturated carbocycles. The van der Waals surface area contributed by atoms with Crippen molar-refractivity contribution in [3.8, 4) is 0 Å². The highest BCUT2D eigenvalue weighted by Crippen LogP contribution is 2.38. The van der Waals surface area contributed by atoms with Crippen LogP contribution in [0.4, 0.5) is 13.2 Å². The van der Waals surface area contributed by atoms with E-state index in [2.05, 4.69) is 21.2 Å². The largest absolute Gasteiger partial charge is 0.465 e. The highest BCUT2D eigenvalue weighted by molar-refractivity contribution is 9.10. The number of hydrogen-bond donors (Lipinski definition) is 1. The molecule has 0 aliphatic rings. The Morgan fingerprint density at radius 2 is 1.70 bits per heavy atom. The Balaban J connectivity index is 3.08. The van der Waals surface area contributed by atoms with Gasteiger partial charge in [0.2, 0.25) is 5.91 Å². The number of nitrogens with one attached hydrogen (secondary N) is 1. The highest BCUT2D eigenvalue weighted by Gasteiger charge is 2.39. The minimum Gasteiger partial charge on any atom is -0.465 e. The summed E-state index contributed by atoms with van der Waals surface area (Å²) in [7, 11) is 0. The second-order valence-electron chi connectivity index (χ2n) is 4.83. The Labute approximate surface area is 140 Å². The van der Waals surface area contributed by atoms with E-state index >= 15 is 0 Å². The second kappa shape index (κ2) is 7.81. The molecule has 0 aliphatic heterocycles. The molecule has 0 fully saturated rings. The van der Waals surface area contributed by atoms with E-state index in [1.165, 1.54) is 19.1 Å². The molecule has 0 radical (unpaired) electrons. The average Bonchev–Trinajstić information content (AvgIpc) is 2.46. The van der Waals surface area contributed by atoms with E-state index in [1.54, 1.807) is 6.92 Å². The molecule has 1 amide bonds. The average molecular weight is 396 g/mol. The first kappa shape index (κ1) is 19.5. The number of ether oxygens (including phenoxy) is 1. The smallest absolute Gasteiger partial charge is 0.416 e. The predicted molar refractivity (Wildman–Crippen MR) is 82.0 cm³/mol. The van der Waals surface area contributed by atoms with Crippen molar-refractivity contribution in [1.29, 1.82) is 0 Å². The van der Waals surface area contributed by atoms with Crippen LogP contribution in [0.3, 0.4) is 0 Å². The summed E-state index contributed by atoms with van der Waals surface area (Å²) in [6.07, 6.45) is -4.32. The van der Waals surface area contributed by atoms with Crippen LogP contribution >= 0.6 is 15.9 Å². The highest BCUT2D eigenvalue weighted by atomic mass is 79.9. The molecule has 1 atom stereocenters. The number of alkyl halides is 4. The van der Waals surface area contributed by atoms with Gasteiger partial charge in [-0.3, -0.25) is 9.59 Å². The third kappa shape index (κ3) is 5.23. The molecule has 8 heteroatoms. The lowest BCUT2D eigenvalue weighted by Gasteiger charge is -2.26. The minimum absolute atomic E-state index is 0.132. The fraction of sp³-hybridized carbons (Fsp3) is 0.467.